The summed E-state index contributed by atoms with van der Waals surface area (Å²) in [6.07, 6.45) is 6.47. The van der Waals surface area contributed by atoms with Gasteiger partial charge in [0.05, 0.1) is 0 Å². The standard InChI is InChI=1S/C22H23N/c1-4-17-10-11-20(18-8-6-5-7-9-18)14-21(17)22-15-19(16(2)3)12-13-23-22/h4-12,14-16,23H,1,13H2,2-3H3. The van der Waals surface area contributed by atoms with Crippen LogP contribution in [0.2, 0.25) is 0 Å². The molecule has 0 unspecified atom stereocenters. The van der Waals surface area contributed by atoms with Crippen molar-refractivity contribution < 1.29 is 0 Å². The molecule has 1 aliphatic heterocycles. The largest absolute Gasteiger partial charge is 0.381 e. The van der Waals surface area contributed by atoms with E-state index in [9.17, 15) is 0 Å². The van der Waals surface area contributed by atoms with E-state index in [2.05, 4.69) is 80.4 Å². The van der Waals surface area contributed by atoms with Crippen LogP contribution in [0.15, 0.2) is 72.8 Å². The van der Waals surface area contributed by atoms with Gasteiger partial charge in [-0.1, -0.05) is 75.0 Å². The molecule has 116 valence electrons. The van der Waals surface area contributed by atoms with E-state index in [-0.39, 0.29) is 0 Å². The van der Waals surface area contributed by atoms with Crippen molar-refractivity contribution in [2.45, 2.75) is 13.8 Å². The smallest absolute Gasteiger partial charge is 0.0425 e. The first-order valence-corrected chi connectivity index (χ1v) is 8.17. The highest BCUT2D eigenvalue weighted by Crippen LogP contribution is 2.29. The molecule has 0 bridgehead atoms. The Morgan fingerprint density at radius 1 is 1.04 bits per heavy atom. The van der Waals surface area contributed by atoms with Crippen LogP contribution in [0, 0.1) is 5.92 Å². The predicted octanol–water partition coefficient (Wildman–Crippen LogP) is 5.52. The van der Waals surface area contributed by atoms with Gasteiger partial charge in [-0.15, -0.1) is 0 Å². The summed E-state index contributed by atoms with van der Waals surface area (Å²) >= 11 is 0. The number of dihydropyridines is 1. The molecular weight excluding hydrogens is 278 g/mol. The minimum atomic E-state index is 0.539. The molecular formula is C22H23N. The molecule has 2 aromatic carbocycles. The Morgan fingerprint density at radius 2 is 1.83 bits per heavy atom. The van der Waals surface area contributed by atoms with Gasteiger partial charge >= 0.3 is 0 Å². The van der Waals surface area contributed by atoms with E-state index >= 15 is 0 Å². The summed E-state index contributed by atoms with van der Waals surface area (Å²) in [5.41, 5.74) is 7.42. The quantitative estimate of drug-likeness (QED) is 0.783. The maximum atomic E-state index is 3.97. The first-order chi connectivity index (χ1) is 11.2. The van der Waals surface area contributed by atoms with Crippen LogP contribution in [-0.2, 0) is 0 Å². The van der Waals surface area contributed by atoms with E-state index in [1.54, 1.807) is 0 Å². The van der Waals surface area contributed by atoms with Crippen molar-refractivity contribution >= 4 is 11.8 Å². The van der Waals surface area contributed by atoms with Gasteiger partial charge in [-0.25, -0.2) is 0 Å². The second kappa shape index (κ2) is 6.70. The van der Waals surface area contributed by atoms with Crippen LogP contribution in [0.4, 0.5) is 0 Å². The molecule has 0 radical (unpaired) electrons. The first-order valence-electron chi connectivity index (χ1n) is 8.17. The highest BCUT2D eigenvalue weighted by molar-refractivity contribution is 5.79. The molecule has 0 fully saturated rings. The fourth-order valence-corrected chi connectivity index (χ4v) is 2.91. The molecule has 0 aromatic heterocycles. The van der Waals surface area contributed by atoms with Gasteiger partial charge in [0.2, 0.25) is 0 Å². The van der Waals surface area contributed by atoms with Gasteiger partial charge < -0.3 is 5.32 Å². The third-order valence-electron chi connectivity index (χ3n) is 4.28. The molecule has 1 nitrogen and oxygen atoms in total. The molecule has 0 saturated carbocycles. The predicted molar refractivity (Wildman–Crippen MR) is 101 cm³/mol. The number of benzene rings is 2. The fourth-order valence-electron chi connectivity index (χ4n) is 2.91. The van der Waals surface area contributed by atoms with Crippen molar-refractivity contribution in [3.63, 3.8) is 0 Å². The Morgan fingerprint density at radius 3 is 2.52 bits per heavy atom. The Kier molecular flexibility index (Phi) is 4.47. The molecule has 3 rings (SSSR count). The average Bonchev–Trinajstić information content (AvgIpc) is 2.62. The zero-order chi connectivity index (χ0) is 16.2. The lowest BCUT2D eigenvalue weighted by atomic mass is 9.93. The lowest BCUT2D eigenvalue weighted by molar-refractivity contribution is 0.774. The Hall–Kier alpha value is -2.54. The van der Waals surface area contributed by atoms with Gasteiger partial charge in [0.1, 0.15) is 0 Å². The molecule has 0 aliphatic carbocycles. The van der Waals surface area contributed by atoms with Crippen LogP contribution in [0.3, 0.4) is 0 Å². The van der Waals surface area contributed by atoms with Crippen molar-refractivity contribution in [2.24, 2.45) is 5.92 Å². The molecule has 1 heteroatoms. The molecule has 1 N–H and O–H groups in total. The van der Waals surface area contributed by atoms with Gasteiger partial charge in [-0.3, -0.25) is 0 Å². The molecule has 2 aromatic rings. The summed E-state index contributed by atoms with van der Waals surface area (Å²) in [6, 6.07) is 17.1. The molecule has 23 heavy (non-hydrogen) atoms. The zero-order valence-corrected chi connectivity index (χ0v) is 13.8. The minimum Gasteiger partial charge on any atom is -0.381 e. The van der Waals surface area contributed by atoms with E-state index in [0.29, 0.717) is 5.92 Å². The second-order valence-electron chi connectivity index (χ2n) is 6.17. The van der Waals surface area contributed by atoms with Gasteiger partial charge in [-0.05, 0) is 40.3 Å². The van der Waals surface area contributed by atoms with Crippen LogP contribution in [-0.4, -0.2) is 6.54 Å². The summed E-state index contributed by atoms with van der Waals surface area (Å²) < 4.78 is 0. The lowest BCUT2D eigenvalue weighted by Crippen LogP contribution is -2.18. The number of nitrogens with one attached hydrogen (secondary N) is 1. The monoisotopic (exact) mass is 301 g/mol. The topological polar surface area (TPSA) is 12.0 Å². The van der Waals surface area contributed by atoms with Crippen molar-refractivity contribution in [1.82, 2.24) is 5.32 Å². The van der Waals surface area contributed by atoms with E-state index < -0.39 is 0 Å². The van der Waals surface area contributed by atoms with E-state index in [0.717, 1.165) is 12.1 Å². The summed E-state index contributed by atoms with van der Waals surface area (Å²) in [7, 11) is 0. The van der Waals surface area contributed by atoms with Crippen molar-refractivity contribution in [3.05, 3.63) is 84.0 Å². The third kappa shape index (κ3) is 3.29. The van der Waals surface area contributed by atoms with E-state index in [1.165, 1.54) is 28.0 Å². The molecule has 0 spiro atoms. The van der Waals surface area contributed by atoms with Gasteiger partial charge in [0.15, 0.2) is 0 Å². The zero-order valence-electron chi connectivity index (χ0n) is 13.8. The maximum absolute atomic E-state index is 3.97. The molecule has 0 saturated heterocycles. The first kappa shape index (κ1) is 15.4. The van der Waals surface area contributed by atoms with Crippen LogP contribution in [0.1, 0.15) is 25.0 Å². The van der Waals surface area contributed by atoms with E-state index in [1.807, 2.05) is 12.1 Å². The molecule has 0 amide bonds. The molecule has 1 heterocycles. The average molecular weight is 301 g/mol. The van der Waals surface area contributed by atoms with Gasteiger partial charge in [-0.2, -0.15) is 0 Å². The third-order valence-corrected chi connectivity index (χ3v) is 4.28. The van der Waals surface area contributed by atoms with Crippen molar-refractivity contribution in [1.29, 1.82) is 0 Å². The lowest BCUT2D eigenvalue weighted by Gasteiger charge is -2.20. The minimum absolute atomic E-state index is 0.539. The summed E-state index contributed by atoms with van der Waals surface area (Å²) in [4.78, 5) is 0. The second-order valence-corrected chi connectivity index (χ2v) is 6.17. The number of hydrogen-bond acceptors (Lipinski definition) is 1. The summed E-state index contributed by atoms with van der Waals surface area (Å²) in [6.45, 7) is 9.33. The maximum Gasteiger partial charge on any atom is 0.0425 e. The Bertz CT molecular complexity index is 764. The van der Waals surface area contributed by atoms with Crippen LogP contribution < -0.4 is 5.32 Å². The van der Waals surface area contributed by atoms with Gasteiger partial charge in [0.25, 0.3) is 0 Å². The van der Waals surface area contributed by atoms with Crippen molar-refractivity contribution in [2.75, 3.05) is 6.54 Å². The van der Waals surface area contributed by atoms with Crippen LogP contribution in [0.5, 0.6) is 0 Å². The SMILES string of the molecule is C=Cc1ccc(-c2ccccc2)cc1C1=CC(C(C)C)=CCN1. The normalized spacial score (nSPS) is 14.0. The highest BCUT2D eigenvalue weighted by Gasteiger charge is 2.13. The van der Waals surface area contributed by atoms with E-state index in [4.69, 9.17) is 0 Å². The van der Waals surface area contributed by atoms with Crippen LogP contribution in [0.25, 0.3) is 22.9 Å². The van der Waals surface area contributed by atoms with Crippen LogP contribution >= 0.6 is 0 Å². The van der Waals surface area contributed by atoms with Gasteiger partial charge in [0, 0.05) is 17.8 Å². The highest BCUT2D eigenvalue weighted by atomic mass is 14.9. The van der Waals surface area contributed by atoms with Crippen molar-refractivity contribution in [3.8, 4) is 11.1 Å². The number of hydrogen-bond donors (Lipinski definition) is 1. The molecule has 0 atom stereocenters. The Labute approximate surface area is 139 Å². The summed E-state index contributed by atoms with van der Waals surface area (Å²) in [5, 5.41) is 3.51. The molecule has 1 aliphatic rings. The Balaban J connectivity index is 2.07. The number of rotatable bonds is 4. The number of allylic oxidation sites excluding steroid dienone is 2. The summed E-state index contributed by atoms with van der Waals surface area (Å²) in [5.74, 6) is 0.539. The fraction of sp³-hybridized carbons (Fsp3) is 0.182.